The second-order valence-corrected chi connectivity index (χ2v) is 6.53. The van der Waals surface area contributed by atoms with Gasteiger partial charge in [0.15, 0.2) is 0 Å². The van der Waals surface area contributed by atoms with Crippen LogP contribution >= 0.6 is 0 Å². The molecule has 0 amide bonds. The van der Waals surface area contributed by atoms with Gasteiger partial charge in [-0.3, -0.25) is 9.67 Å². The van der Waals surface area contributed by atoms with Crippen molar-refractivity contribution in [2.75, 3.05) is 13.1 Å². The number of rotatable bonds is 4. The zero-order chi connectivity index (χ0) is 14.2. The minimum Gasteiger partial charge on any atom is -0.488 e. The lowest BCUT2D eigenvalue weighted by Gasteiger charge is -2.37. The summed E-state index contributed by atoms with van der Waals surface area (Å²) < 4.78 is 33.0. The second kappa shape index (κ2) is 4.88. The summed E-state index contributed by atoms with van der Waals surface area (Å²) in [4.78, 5) is 4.11. The van der Waals surface area contributed by atoms with Gasteiger partial charge >= 0.3 is 0 Å². The number of aromatic nitrogens is 3. The molecule has 7 nitrogen and oxygen atoms in total. The van der Waals surface area contributed by atoms with Crippen molar-refractivity contribution in [3.63, 3.8) is 0 Å². The molecule has 1 aliphatic heterocycles. The Labute approximate surface area is 116 Å². The van der Waals surface area contributed by atoms with Crippen molar-refractivity contribution in [3.05, 3.63) is 36.9 Å². The Balaban J connectivity index is 1.63. The van der Waals surface area contributed by atoms with E-state index >= 15 is 0 Å². The predicted molar refractivity (Wildman–Crippen MR) is 70.6 cm³/mol. The Morgan fingerprint density at radius 2 is 2.00 bits per heavy atom. The molecule has 0 aliphatic carbocycles. The second-order valence-electron chi connectivity index (χ2n) is 4.59. The average Bonchev–Trinajstić information content (AvgIpc) is 2.82. The third kappa shape index (κ3) is 2.39. The summed E-state index contributed by atoms with van der Waals surface area (Å²) in [6, 6.07) is 3.50. The lowest BCUT2D eigenvalue weighted by atomic mass is 10.2. The first-order valence-electron chi connectivity index (χ1n) is 6.11. The van der Waals surface area contributed by atoms with E-state index in [0.29, 0.717) is 18.8 Å². The summed E-state index contributed by atoms with van der Waals surface area (Å²) in [5.41, 5.74) is 0. The molecule has 0 bridgehead atoms. The van der Waals surface area contributed by atoms with Crippen LogP contribution in [0.5, 0.6) is 5.75 Å². The first-order valence-corrected chi connectivity index (χ1v) is 7.55. The van der Waals surface area contributed by atoms with Crippen LogP contribution in [0, 0.1) is 0 Å². The van der Waals surface area contributed by atoms with Crippen LogP contribution in [-0.4, -0.2) is 46.7 Å². The number of hydrogen-bond donors (Lipinski definition) is 0. The molecule has 0 radical (unpaired) electrons. The molecule has 106 valence electrons. The van der Waals surface area contributed by atoms with Gasteiger partial charge in [-0.25, -0.2) is 8.42 Å². The summed E-state index contributed by atoms with van der Waals surface area (Å²) in [7, 11) is -1.76. The van der Waals surface area contributed by atoms with E-state index < -0.39 is 10.0 Å². The summed E-state index contributed by atoms with van der Waals surface area (Å²) >= 11 is 0. The van der Waals surface area contributed by atoms with Crippen LogP contribution in [0.25, 0.3) is 0 Å². The van der Waals surface area contributed by atoms with E-state index in [1.165, 1.54) is 21.4 Å². The Bertz CT molecular complexity index is 693. The molecular weight excluding hydrogens is 280 g/mol. The Kier molecular flexibility index (Phi) is 3.19. The van der Waals surface area contributed by atoms with Gasteiger partial charge < -0.3 is 4.74 Å². The molecular formula is C12H14N4O3S. The number of nitrogens with zero attached hydrogens (tertiary/aromatic N) is 4. The van der Waals surface area contributed by atoms with Gasteiger partial charge in [-0.2, -0.15) is 9.40 Å². The largest absolute Gasteiger partial charge is 0.488 e. The van der Waals surface area contributed by atoms with E-state index in [1.807, 2.05) is 0 Å². The number of aryl methyl sites for hydroxylation is 1. The summed E-state index contributed by atoms with van der Waals surface area (Å²) in [5, 5.41) is 3.88. The molecule has 8 heteroatoms. The van der Waals surface area contributed by atoms with Crippen LogP contribution in [0.15, 0.2) is 41.8 Å². The zero-order valence-corrected chi connectivity index (χ0v) is 11.7. The lowest BCUT2D eigenvalue weighted by Crippen LogP contribution is -2.55. The van der Waals surface area contributed by atoms with Crippen molar-refractivity contribution in [1.29, 1.82) is 0 Å². The molecule has 0 N–H and O–H groups in total. The van der Waals surface area contributed by atoms with Crippen molar-refractivity contribution in [3.8, 4) is 5.75 Å². The number of pyridine rings is 1. The molecule has 2 aromatic heterocycles. The van der Waals surface area contributed by atoms with Crippen LogP contribution in [0.1, 0.15) is 0 Å². The summed E-state index contributed by atoms with van der Waals surface area (Å²) in [6.45, 7) is 0.694. The van der Waals surface area contributed by atoms with Gasteiger partial charge in [-0.15, -0.1) is 0 Å². The normalized spacial score (nSPS) is 16.9. The third-order valence-corrected chi connectivity index (χ3v) is 4.87. The molecule has 0 aromatic carbocycles. The average molecular weight is 294 g/mol. The van der Waals surface area contributed by atoms with Crippen LogP contribution in [0.3, 0.4) is 0 Å². The predicted octanol–water partition coefficient (Wildman–Crippen LogP) is 0.267. The van der Waals surface area contributed by atoms with Crippen LogP contribution < -0.4 is 4.74 Å². The quantitative estimate of drug-likeness (QED) is 0.808. The van der Waals surface area contributed by atoms with Crippen molar-refractivity contribution in [2.45, 2.75) is 11.0 Å². The maximum Gasteiger partial charge on any atom is 0.246 e. The van der Waals surface area contributed by atoms with Gasteiger partial charge in [0, 0.05) is 25.6 Å². The van der Waals surface area contributed by atoms with Gasteiger partial charge in [-0.1, -0.05) is 0 Å². The molecule has 0 atom stereocenters. The first kappa shape index (κ1) is 13.1. The third-order valence-electron chi connectivity index (χ3n) is 3.09. The Hall–Kier alpha value is -1.93. The SMILES string of the molecule is Cn1cc(S(=O)(=O)N2CC(Oc3ccncc3)C2)cn1. The number of ether oxygens (including phenoxy) is 1. The lowest BCUT2D eigenvalue weighted by molar-refractivity contribution is 0.0761. The van der Waals surface area contributed by atoms with E-state index in [9.17, 15) is 8.42 Å². The Morgan fingerprint density at radius 1 is 1.30 bits per heavy atom. The first-order chi connectivity index (χ1) is 9.55. The molecule has 1 saturated heterocycles. The fraction of sp³-hybridized carbons (Fsp3) is 0.333. The van der Waals surface area contributed by atoms with Crippen LogP contribution in [0.2, 0.25) is 0 Å². The maximum atomic E-state index is 12.2. The van der Waals surface area contributed by atoms with Crippen molar-refractivity contribution in [1.82, 2.24) is 19.1 Å². The van der Waals surface area contributed by atoms with E-state index in [4.69, 9.17) is 4.74 Å². The number of hydrogen-bond acceptors (Lipinski definition) is 5. The monoisotopic (exact) mass is 294 g/mol. The highest BCUT2D eigenvalue weighted by molar-refractivity contribution is 7.89. The van der Waals surface area contributed by atoms with Crippen LogP contribution in [0.4, 0.5) is 0 Å². The van der Waals surface area contributed by atoms with Gasteiger partial charge in [0.05, 0.1) is 19.3 Å². The molecule has 0 saturated carbocycles. The minimum atomic E-state index is -3.45. The standard InChI is InChI=1S/C12H14N4O3S/c1-15-9-12(6-14-15)20(17,18)16-7-11(8-16)19-10-2-4-13-5-3-10/h2-6,9,11H,7-8H2,1H3. The fourth-order valence-corrected chi connectivity index (χ4v) is 3.45. The molecule has 3 rings (SSSR count). The molecule has 20 heavy (non-hydrogen) atoms. The molecule has 0 spiro atoms. The van der Waals surface area contributed by atoms with E-state index in [1.54, 1.807) is 31.6 Å². The molecule has 0 unspecified atom stereocenters. The molecule has 1 aliphatic rings. The van der Waals surface area contributed by atoms with Crippen LogP contribution in [-0.2, 0) is 17.1 Å². The highest BCUT2D eigenvalue weighted by Gasteiger charge is 2.38. The smallest absolute Gasteiger partial charge is 0.246 e. The highest BCUT2D eigenvalue weighted by Crippen LogP contribution is 2.23. The van der Waals surface area contributed by atoms with Gasteiger partial charge in [0.1, 0.15) is 16.7 Å². The van der Waals surface area contributed by atoms with Gasteiger partial charge in [0.25, 0.3) is 0 Å². The molecule has 2 aromatic rings. The topological polar surface area (TPSA) is 77.3 Å². The van der Waals surface area contributed by atoms with Crippen molar-refractivity contribution in [2.24, 2.45) is 7.05 Å². The summed E-state index contributed by atoms with van der Waals surface area (Å²) in [5.74, 6) is 0.698. The van der Waals surface area contributed by atoms with Gasteiger partial charge in [-0.05, 0) is 12.1 Å². The molecule has 3 heterocycles. The highest BCUT2D eigenvalue weighted by atomic mass is 32.2. The van der Waals surface area contributed by atoms with E-state index in [2.05, 4.69) is 10.1 Å². The van der Waals surface area contributed by atoms with E-state index in [-0.39, 0.29) is 11.0 Å². The zero-order valence-electron chi connectivity index (χ0n) is 10.9. The van der Waals surface area contributed by atoms with Crippen molar-refractivity contribution < 1.29 is 13.2 Å². The molecule has 1 fully saturated rings. The Morgan fingerprint density at radius 3 is 2.60 bits per heavy atom. The summed E-state index contributed by atoms with van der Waals surface area (Å²) in [6.07, 6.45) is 6.00. The van der Waals surface area contributed by atoms with Crippen molar-refractivity contribution >= 4 is 10.0 Å². The number of sulfonamides is 1. The van der Waals surface area contributed by atoms with Gasteiger partial charge in [0.2, 0.25) is 10.0 Å². The fourth-order valence-electron chi connectivity index (χ4n) is 1.96. The van der Waals surface area contributed by atoms with E-state index in [0.717, 1.165) is 0 Å². The maximum absolute atomic E-state index is 12.2. The minimum absolute atomic E-state index is 0.121.